The highest BCUT2D eigenvalue weighted by Crippen LogP contribution is 2.27. The number of anilines is 1. The summed E-state index contributed by atoms with van der Waals surface area (Å²) in [5.74, 6) is -0.768. The molecule has 1 fully saturated rings. The Kier molecular flexibility index (Phi) is 4.72. The van der Waals surface area contributed by atoms with Crippen LogP contribution in [0.25, 0.3) is 0 Å². The Bertz CT molecular complexity index is 505. The molecule has 0 heterocycles. The molecule has 1 aromatic rings. The highest BCUT2D eigenvalue weighted by atomic mass is 19.4. The third kappa shape index (κ3) is 4.93. The van der Waals surface area contributed by atoms with Crippen LogP contribution in [0.5, 0.6) is 5.75 Å². The average molecular weight is 302 g/mol. The van der Waals surface area contributed by atoms with Crippen molar-refractivity contribution in [3.8, 4) is 5.75 Å². The topological polar surface area (TPSA) is 64.4 Å². The van der Waals surface area contributed by atoms with E-state index in [2.05, 4.69) is 10.1 Å². The van der Waals surface area contributed by atoms with Gasteiger partial charge in [-0.3, -0.25) is 4.79 Å². The molecule has 4 nitrogen and oxygen atoms in total. The molecule has 7 heteroatoms. The van der Waals surface area contributed by atoms with Gasteiger partial charge in [-0.15, -0.1) is 13.2 Å². The minimum Gasteiger partial charge on any atom is -0.406 e. The van der Waals surface area contributed by atoms with Gasteiger partial charge in [0.05, 0.1) is 0 Å². The van der Waals surface area contributed by atoms with Crippen molar-refractivity contribution in [2.24, 2.45) is 11.7 Å². The monoisotopic (exact) mass is 302 g/mol. The van der Waals surface area contributed by atoms with Gasteiger partial charge >= 0.3 is 6.36 Å². The number of halogens is 3. The molecule has 0 radical (unpaired) electrons. The number of alkyl halides is 3. The molecule has 1 aromatic carbocycles. The van der Waals surface area contributed by atoms with E-state index in [1.165, 1.54) is 18.2 Å². The maximum atomic E-state index is 12.1. The Balaban J connectivity index is 1.99. The Hall–Kier alpha value is -1.76. The molecule has 1 saturated carbocycles. The second kappa shape index (κ2) is 6.34. The van der Waals surface area contributed by atoms with E-state index in [1.54, 1.807) is 0 Å². The fraction of sp³-hybridized carbons (Fsp3) is 0.500. The first-order chi connectivity index (χ1) is 9.83. The second-order valence-corrected chi connectivity index (χ2v) is 5.19. The maximum Gasteiger partial charge on any atom is 0.573 e. The normalized spacial score (nSPS) is 22.7. The fourth-order valence-corrected chi connectivity index (χ4v) is 2.48. The summed E-state index contributed by atoms with van der Waals surface area (Å²) in [6, 6.07) is 5.25. The van der Waals surface area contributed by atoms with E-state index in [4.69, 9.17) is 5.73 Å². The van der Waals surface area contributed by atoms with Crippen molar-refractivity contribution in [3.05, 3.63) is 24.3 Å². The largest absolute Gasteiger partial charge is 0.573 e. The van der Waals surface area contributed by atoms with Crippen LogP contribution >= 0.6 is 0 Å². The minimum absolute atomic E-state index is 0.00870. The number of amides is 1. The number of nitrogens with two attached hydrogens (primary N) is 1. The molecule has 2 atom stereocenters. The zero-order valence-corrected chi connectivity index (χ0v) is 11.3. The van der Waals surface area contributed by atoms with Gasteiger partial charge in [-0.25, -0.2) is 0 Å². The first-order valence-electron chi connectivity index (χ1n) is 6.76. The van der Waals surface area contributed by atoms with Gasteiger partial charge in [0.15, 0.2) is 0 Å². The van der Waals surface area contributed by atoms with E-state index < -0.39 is 6.36 Å². The van der Waals surface area contributed by atoms with Gasteiger partial charge in [0.1, 0.15) is 5.75 Å². The van der Waals surface area contributed by atoms with E-state index in [-0.39, 0.29) is 29.3 Å². The van der Waals surface area contributed by atoms with E-state index in [9.17, 15) is 18.0 Å². The van der Waals surface area contributed by atoms with E-state index >= 15 is 0 Å². The van der Waals surface area contributed by atoms with Gasteiger partial charge < -0.3 is 15.8 Å². The molecule has 21 heavy (non-hydrogen) atoms. The molecular weight excluding hydrogens is 285 g/mol. The van der Waals surface area contributed by atoms with Crippen LogP contribution in [0.2, 0.25) is 0 Å². The lowest BCUT2D eigenvalue weighted by Gasteiger charge is -2.25. The molecule has 116 valence electrons. The third-order valence-corrected chi connectivity index (χ3v) is 3.42. The van der Waals surface area contributed by atoms with Crippen LogP contribution in [0.15, 0.2) is 24.3 Å². The number of nitrogens with one attached hydrogen (secondary N) is 1. The Labute approximate surface area is 120 Å². The van der Waals surface area contributed by atoms with Crippen LogP contribution < -0.4 is 15.8 Å². The Morgan fingerprint density at radius 3 is 2.76 bits per heavy atom. The molecule has 1 aliphatic rings. The van der Waals surface area contributed by atoms with Gasteiger partial charge in [0.2, 0.25) is 5.91 Å². The van der Waals surface area contributed by atoms with Crippen molar-refractivity contribution in [2.45, 2.75) is 38.1 Å². The lowest BCUT2D eigenvalue weighted by Crippen LogP contribution is -2.34. The van der Waals surface area contributed by atoms with Crippen molar-refractivity contribution >= 4 is 11.6 Å². The molecule has 1 aliphatic carbocycles. The summed E-state index contributed by atoms with van der Waals surface area (Å²) in [5, 5.41) is 2.62. The zero-order valence-electron chi connectivity index (χ0n) is 11.3. The summed E-state index contributed by atoms with van der Waals surface area (Å²) in [4.78, 5) is 12.1. The second-order valence-electron chi connectivity index (χ2n) is 5.19. The van der Waals surface area contributed by atoms with Gasteiger partial charge in [-0.05, 0) is 31.4 Å². The van der Waals surface area contributed by atoms with Crippen LogP contribution in [0.4, 0.5) is 18.9 Å². The number of ether oxygens (including phenoxy) is 1. The standard InChI is InChI=1S/C14H17F3N2O2/c15-14(16,17)21-12-6-2-5-11(8-12)19-13(20)9-3-1-4-10(18)7-9/h2,5-6,8-10H,1,3-4,7,18H2,(H,19,20). The predicted molar refractivity (Wildman–Crippen MR) is 71.7 cm³/mol. The number of hydrogen-bond donors (Lipinski definition) is 2. The molecule has 0 saturated heterocycles. The van der Waals surface area contributed by atoms with Gasteiger partial charge in [0.25, 0.3) is 0 Å². The first kappa shape index (κ1) is 15.6. The third-order valence-electron chi connectivity index (χ3n) is 3.42. The summed E-state index contributed by atoms with van der Waals surface area (Å²) in [7, 11) is 0. The number of carbonyl (C=O) groups excluding carboxylic acids is 1. The molecule has 0 spiro atoms. The highest BCUT2D eigenvalue weighted by Gasteiger charge is 2.31. The van der Waals surface area contributed by atoms with E-state index in [1.807, 2.05) is 0 Å². The van der Waals surface area contributed by atoms with Crippen LogP contribution in [0, 0.1) is 5.92 Å². The highest BCUT2D eigenvalue weighted by molar-refractivity contribution is 5.92. The summed E-state index contributed by atoms with van der Waals surface area (Å²) >= 11 is 0. The molecule has 2 rings (SSSR count). The lowest BCUT2D eigenvalue weighted by molar-refractivity contribution is -0.274. The minimum atomic E-state index is -4.75. The van der Waals surface area contributed by atoms with Gasteiger partial charge in [0, 0.05) is 23.7 Å². The first-order valence-corrected chi connectivity index (χ1v) is 6.76. The van der Waals surface area contributed by atoms with Crippen molar-refractivity contribution in [3.63, 3.8) is 0 Å². The zero-order chi connectivity index (χ0) is 15.5. The summed E-state index contributed by atoms with van der Waals surface area (Å²) < 4.78 is 40.3. The Morgan fingerprint density at radius 2 is 2.10 bits per heavy atom. The van der Waals surface area contributed by atoms with Crippen LogP contribution in [-0.2, 0) is 4.79 Å². The fourth-order valence-electron chi connectivity index (χ4n) is 2.48. The molecule has 0 aliphatic heterocycles. The van der Waals surface area contributed by atoms with Crippen molar-refractivity contribution in [1.29, 1.82) is 0 Å². The quantitative estimate of drug-likeness (QED) is 0.902. The molecule has 3 N–H and O–H groups in total. The summed E-state index contributed by atoms with van der Waals surface area (Å²) in [5.41, 5.74) is 6.10. The van der Waals surface area contributed by atoms with Crippen molar-refractivity contribution in [2.75, 3.05) is 5.32 Å². The average Bonchev–Trinajstić information content (AvgIpc) is 2.37. The van der Waals surface area contributed by atoms with E-state index in [0.717, 1.165) is 25.3 Å². The number of benzene rings is 1. The van der Waals surface area contributed by atoms with Crippen LogP contribution in [0.3, 0.4) is 0 Å². The van der Waals surface area contributed by atoms with Gasteiger partial charge in [-0.2, -0.15) is 0 Å². The molecular formula is C14H17F3N2O2. The molecule has 2 unspecified atom stereocenters. The number of carbonyl (C=O) groups is 1. The Morgan fingerprint density at radius 1 is 1.33 bits per heavy atom. The SMILES string of the molecule is NC1CCCC(C(=O)Nc2cccc(OC(F)(F)F)c2)C1. The number of rotatable bonds is 3. The van der Waals surface area contributed by atoms with Crippen LogP contribution in [0.1, 0.15) is 25.7 Å². The summed E-state index contributed by atoms with van der Waals surface area (Å²) in [6.07, 6.45) is -1.61. The number of hydrogen-bond acceptors (Lipinski definition) is 3. The van der Waals surface area contributed by atoms with Crippen LogP contribution in [-0.4, -0.2) is 18.3 Å². The van der Waals surface area contributed by atoms with Crippen molar-refractivity contribution in [1.82, 2.24) is 0 Å². The van der Waals surface area contributed by atoms with Crippen molar-refractivity contribution < 1.29 is 22.7 Å². The molecule has 1 amide bonds. The lowest BCUT2D eigenvalue weighted by atomic mass is 9.85. The predicted octanol–water partition coefficient (Wildman–Crippen LogP) is 3.04. The summed E-state index contributed by atoms with van der Waals surface area (Å²) in [6.45, 7) is 0. The van der Waals surface area contributed by atoms with E-state index in [0.29, 0.717) is 6.42 Å². The maximum absolute atomic E-state index is 12.1. The molecule has 0 aromatic heterocycles. The molecule has 0 bridgehead atoms. The smallest absolute Gasteiger partial charge is 0.406 e. The van der Waals surface area contributed by atoms with Gasteiger partial charge in [-0.1, -0.05) is 12.5 Å².